The highest BCUT2D eigenvalue weighted by Crippen LogP contribution is 2.35. The van der Waals surface area contributed by atoms with Crippen molar-refractivity contribution in [2.45, 2.75) is 39.2 Å². The Bertz CT molecular complexity index is 633. The molecule has 0 saturated heterocycles. The molecule has 0 saturated carbocycles. The number of hydrogen-bond donors (Lipinski definition) is 2. The predicted molar refractivity (Wildman–Crippen MR) is 83.3 cm³/mol. The monoisotopic (exact) mass is 267 g/mol. The molecule has 0 spiro atoms. The highest BCUT2D eigenvalue weighted by molar-refractivity contribution is 5.54. The van der Waals surface area contributed by atoms with Gasteiger partial charge in [-0.3, -0.25) is 0 Å². The van der Waals surface area contributed by atoms with Crippen LogP contribution in [0.15, 0.2) is 36.4 Å². The van der Waals surface area contributed by atoms with Crippen LogP contribution in [-0.2, 0) is 6.42 Å². The lowest BCUT2D eigenvalue weighted by molar-refractivity contribution is 0.471. The lowest BCUT2D eigenvalue weighted by atomic mass is 9.87. The molecule has 3 rings (SSSR count). The summed E-state index contributed by atoms with van der Waals surface area (Å²) in [4.78, 5) is 0. The fourth-order valence-electron chi connectivity index (χ4n) is 3.10. The zero-order valence-corrected chi connectivity index (χ0v) is 12.1. The van der Waals surface area contributed by atoms with Crippen LogP contribution in [0, 0.1) is 13.8 Å². The molecular weight excluding hydrogens is 246 g/mol. The van der Waals surface area contributed by atoms with Crippen molar-refractivity contribution in [1.29, 1.82) is 0 Å². The third-order valence-electron chi connectivity index (χ3n) is 4.16. The maximum Gasteiger partial charge on any atom is 0.115 e. The maximum absolute atomic E-state index is 9.74. The van der Waals surface area contributed by atoms with Crippen LogP contribution < -0.4 is 5.32 Å². The SMILES string of the molecule is Cc1ccc(NC2CCCc3ccc(O)cc32)c(C)c1. The molecule has 0 aromatic heterocycles. The molecule has 2 heteroatoms. The fraction of sp³-hybridized carbons (Fsp3) is 0.333. The predicted octanol–water partition coefficient (Wildman–Crippen LogP) is 4.50. The van der Waals surface area contributed by atoms with Crippen LogP contribution in [0.2, 0.25) is 0 Å². The van der Waals surface area contributed by atoms with Crippen molar-refractivity contribution in [3.8, 4) is 5.75 Å². The zero-order chi connectivity index (χ0) is 14.1. The van der Waals surface area contributed by atoms with E-state index in [4.69, 9.17) is 0 Å². The van der Waals surface area contributed by atoms with E-state index in [1.165, 1.54) is 34.4 Å². The zero-order valence-electron chi connectivity index (χ0n) is 12.1. The minimum Gasteiger partial charge on any atom is -0.508 e. The van der Waals surface area contributed by atoms with Crippen molar-refractivity contribution in [2.75, 3.05) is 5.32 Å². The fourth-order valence-corrected chi connectivity index (χ4v) is 3.10. The lowest BCUT2D eigenvalue weighted by Crippen LogP contribution is -2.17. The molecule has 0 fully saturated rings. The first-order chi connectivity index (χ1) is 9.63. The number of aromatic hydroxyl groups is 1. The summed E-state index contributed by atoms with van der Waals surface area (Å²) < 4.78 is 0. The lowest BCUT2D eigenvalue weighted by Gasteiger charge is -2.28. The molecule has 2 N–H and O–H groups in total. The second kappa shape index (κ2) is 5.20. The summed E-state index contributed by atoms with van der Waals surface area (Å²) >= 11 is 0. The van der Waals surface area contributed by atoms with Gasteiger partial charge < -0.3 is 10.4 Å². The Kier molecular flexibility index (Phi) is 3.39. The first-order valence-corrected chi connectivity index (χ1v) is 7.29. The van der Waals surface area contributed by atoms with E-state index in [2.05, 4.69) is 43.4 Å². The van der Waals surface area contributed by atoms with E-state index in [-0.39, 0.29) is 0 Å². The second-order valence-corrected chi connectivity index (χ2v) is 5.79. The number of phenolic OH excluding ortho intramolecular Hbond substituents is 1. The summed E-state index contributed by atoms with van der Waals surface area (Å²) in [6, 6.07) is 12.6. The largest absolute Gasteiger partial charge is 0.508 e. The Morgan fingerprint density at radius 2 is 1.95 bits per heavy atom. The van der Waals surface area contributed by atoms with Crippen molar-refractivity contribution in [2.24, 2.45) is 0 Å². The van der Waals surface area contributed by atoms with Gasteiger partial charge in [0.2, 0.25) is 0 Å². The first-order valence-electron chi connectivity index (χ1n) is 7.29. The normalized spacial score (nSPS) is 17.6. The number of phenols is 1. The molecule has 0 aliphatic heterocycles. The summed E-state index contributed by atoms with van der Waals surface area (Å²) in [6.07, 6.45) is 3.42. The molecule has 2 aromatic rings. The molecule has 2 aromatic carbocycles. The van der Waals surface area contributed by atoms with Crippen molar-refractivity contribution in [3.63, 3.8) is 0 Å². The summed E-state index contributed by atoms with van der Waals surface area (Å²) in [5.74, 6) is 0.359. The van der Waals surface area contributed by atoms with Gasteiger partial charge in [-0.05, 0) is 68.0 Å². The summed E-state index contributed by atoms with van der Waals surface area (Å²) in [5, 5.41) is 13.4. The van der Waals surface area contributed by atoms with Gasteiger partial charge in [0.05, 0.1) is 6.04 Å². The molecule has 1 unspecified atom stereocenters. The minimum atomic E-state index is 0.298. The summed E-state index contributed by atoms with van der Waals surface area (Å²) in [6.45, 7) is 4.26. The third-order valence-corrected chi connectivity index (χ3v) is 4.16. The van der Waals surface area contributed by atoms with Crippen LogP contribution in [0.4, 0.5) is 5.69 Å². The number of aryl methyl sites for hydroxylation is 3. The average Bonchev–Trinajstić information content (AvgIpc) is 2.42. The molecular formula is C18H21NO. The van der Waals surface area contributed by atoms with Gasteiger partial charge in [0.1, 0.15) is 5.75 Å². The maximum atomic E-state index is 9.74. The van der Waals surface area contributed by atoms with Crippen molar-refractivity contribution >= 4 is 5.69 Å². The van der Waals surface area contributed by atoms with E-state index in [1.807, 2.05) is 6.07 Å². The van der Waals surface area contributed by atoms with E-state index in [0.717, 1.165) is 12.8 Å². The minimum absolute atomic E-state index is 0.298. The van der Waals surface area contributed by atoms with Crippen LogP contribution in [0.3, 0.4) is 0 Å². The molecule has 0 radical (unpaired) electrons. The quantitative estimate of drug-likeness (QED) is 0.839. The van der Waals surface area contributed by atoms with Crippen LogP contribution in [0.5, 0.6) is 5.75 Å². The molecule has 1 aliphatic carbocycles. The molecule has 2 nitrogen and oxygen atoms in total. The number of anilines is 1. The molecule has 20 heavy (non-hydrogen) atoms. The van der Waals surface area contributed by atoms with Crippen molar-refractivity contribution in [1.82, 2.24) is 0 Å². The highest BCUT2D eigenvalue weighted by Gasteiger charge is 2.20. The second-order valence-electron chi connectivity index (χ2n) is 5.79. The van der Waals surface area contributed by atoms with Crippen LogP contribution in [0.25, 0.3) is 0 Å². The van der Waals surface area contributed by atoms with Gasteiger partial charge in [-0.25, -0.2) is 0 Å². The summed E-state index contributed by atoms with van der Waals surface area (Å²) in [5.41, 5.74) is 6.36. The number of hydrogen-bond acceptors (Lipinski definition) is 2. The Morgan fingerprint density at radius 3 is 2.75 bits per heavy atom. The Hall–Kier alpha value is -1.96. The van der Waals surface area contributed by atoms with E-state index >= 15 is 0 Å². The number of nitrogens with one attached hydrogen (secondary N) is 1. The van der Waals surface area contributed by atoms with Crippen molar-refractivity contribution in [3.05, 3.63) is 58.7 Å². The van der Waals surface area contributed by atoms with Gasteiger partial charge >= 0.3 is 0 Å². The topological polar surface area (TPSA) is 32.3 Å². The van der Waals surface area contributed by atoms with Gasteiger partial charge in [0.15, 0.2) is 0 Å². The molecule has 1 aliphatic rings. The average molecular weight is 267 g/mol. The van der Waals surface area contributed by atoms with Gasteiger partial charge in [-0.2, -0.15) is 0 Å². The first kappa shape index (κ1) is 13.0. The van der Waals surface area contributed by atoms with Crippen LogP contribution in [0.1, 0.15) is 41.1 Å². The van der Waals surface area contributed by atoms with Gasteiger partial charge in [0, 0.05) is 5.69 Å². The Balaban J connectivity index is 1.91. The molecule has 0 amide bonds. The number of benzene rings is 2. The molecule has 0 bridgehead atoms. The van der Waals surface area contributed by atoms with E-state index in [9.17, 15) is 5.11 Å². The number of rotatable bonds is 2. The van der Waals surface area contributed by atoms with Gasteiger partial charge in [-0.1, -0.05) is 23.8 Å². The Morgan fingerprint density at radius 1 is 1.10 bits per heavy atom. The molecule has 104 valence electrons. The highest BCUT2D eigenvalue weighted by atomic mass is 16.3. The van der Waals surface area contributed by atoms with Crippen LogP contribution >= 0.6 is 0 Å². The Labute approximate surface area is 120 Å². The standard InChI is InChI=1S/C18H21NO/c1-12-6-9-17(13(2)10-12)19-18-5-3-4-14-7-8-15(20)11-16(14)18/h6-11,18-20H,3-5H2,1-2H3. The number of fused-ring (bicyclic) bond motifs is 1. The smallest absolute Gasteiger partial charge is 0.115 e. The van der Waals surface area contributed by atoms with E-state index in [1.54, 1.807) is 6.07 Å². The van der Waals surface area contributed by atoms with Gasteiger partial charge in [-0.15, -0.1) is 0 Å². The summed E-state index contributed by atoms with van der Waals surface area (Å²) in [7, 11) is 0. The third kappa shape index (κ3) is 2.51. The van der Waals surface area contributed by atoms with E-state index < -0.39 is 0 Å². The molecule has 0 heterocycles. The van der Waals surface area contributed by atoms with Gasteiger partial charge in [0.25, 0.3) is 0 Å². The van der Waals surface area contributed by atoms with E-state index in [0.29, 0.717) is 11.8 Å². The molecule has 1 atom stereocenters. The van der Waals surface area contributed by atoms with Crippen LogP contribution in [-0.4, -0.2) is 5.11 Å². The van der Waals surface area contributed by atoms with Crippen molar-refractivity contribution < 1.29 is 5.11 Å².